The molecule has 1 N–H and O–H groups in total. The standard InChI is InChI=1S/C16H17ClN2O/c17-11-13-5-8-15(18-16(13)20)12-3-6-14(7-4-12)19-9-1-2-10-19/h3-8H,1-2,9-11H2,(H,18,20). The van der Waals surface area contributed by atoms with E-state index in [2.05, 4.69) is 34.1 Å². The van der Waals surface area contributed by atoms with Crippen LogP contribution in [0.15, 0.2) is 41.2 Å². The maximum absolute atomic E-state index is 11.8. The van der Waals surface area contributed by atoms with E-state index >= 15 is 0 Å². The fourth-order valence-corrected chi connectivity index (χ4v) is 2.82. The first-order chi connectivity index (χ1) is 9.78. The summed E-state index contributed by atoms with van der Waals surface area (Å²) in [5.41, 5.74) is 3.60. The molecule has 0 bridgehead atoms. The average molecular weight is 289 g/mol. The highest BCUT2D eigenvalue weighted by Crippen LogP contribution is 2.24. The van der Waals surface area contributed by atoms with Crippen molar-refractivity contribution in [1.82, 2.24) is 4.98 Å². The summed E-state index contributed by atoms with van der Waals surface area (Å²) >= 11 is 5.70. The minimum absolute atomic E-state index is 0.110. The molecular formula is C16H17ClN2O. The number of aromatic nitrogens is 1. The van der Waals surface area contributed by atoms with Crippen molar-refractivity contribution < 1.29 is 0 Å². The predicted octanol–water partition coefficient (Wildman–Crippen LogP) is 3.38. The fraction of sp³-hybridized carbons (Fsp3) is 0.312. The van der Waals surface area contributed by atoms with Crippen LogP contribution in [0.5, 0.6) is 0 Å². The summed E-state index contributed by atoms with van der Waals surface area (Å²) in [6.45, 7) is 2.28. The summed E-state index contributed by atoms with van der Waals surface area (Å²) in [6, 6.07) is 12.0. The van der Waals surface area contributed by atoms with E-state index in [-0.39, 0.29) is 11.4 Å². The fourth-order valence-electron chi connectivity index (χ4n) is 2.60. The van der Waals surface area contributed by atoms with Crippen LogP contribution in [0, 0.1) is 0 Å². The van der Waals surface area contributed by atoms with E-state index in [9.17, 15) is 4.79 Å². The van der Waals surface area contributed by atoms with Crippen LogP contribution in [0.4, 0.5) is 5.69 Å². The third-order valence-corrected chi connectivity index (χ3v) is 4.07. The van der Waals surface area contributed by atoms with E-state index in [4.69, 9.17) is 11.6 Å². The third kappa shape index (κ3) is 2.59. The van der Waals surface area contributed by atoms with Gasteiger partial charge in [0.2, 0.25) is 0 Å². The van der Waals surface area contributed by atoms with Gasteiger partial charge in [0.25, 0.3) is 5.56 Å². The molecule has 3 rings (SSSR count). The lowest BCUT2D eigenvalue weighted by Crippen LogP contribution is -2.17. The first-order valence-corrected chi connectivity index (χ1v) is 7.45. The molecule has 0 radical (unpaired) electrons. The van der Waals surface area contributed by atoms with Crippen LogP contribution in [0.25, 0.3) is 11.3 Å². The number of rotatable bonds is 3. The molecule has 0 spiro atoms. The minimum Gasteiger partial charge on any atom is -0.372 e. The largest absolute Gasteiger partial charge is 0.372 e. The van der Waals surface area contributed by atoms with E-state index < -0.39 is 0 Å². The number of hydrogen-bond donors (Lipinski definition) is 1. The Kier molecular flexibility index (Phi) is 3.79. The molecule has 20 heavy (non-hydrogen) atoms. The second-order valence-corrected chi connectivity index (χ2v) is 5.37. The minimum atomic E-state index is -0.110. The number of aromatic amines is 1. The first kappa shape index (κ1) is 13.3. The Bertz CT molecular complexity index is 642. The number of nitrogens with one attached hydrogen (secondary N) is 1. The van der Waals surface area contributed by atoms with Gasteiger partial charge in [-0.05, 0) is 36.6 Å². The van der Waals surface area contributed by atoms with Gasteiger partial charge in [-0.1, -0.05) is 18.2 Å². The molecule has 2 aromatic rings. The Morgan fingerprint density at radius 1 is 1.05 bits per heavy atom. The number of pyridine rings is 1. The van der Waals surface area contributed by atoms with Crippen LogP contribution in [-0.4, -0.2) is 18.1 Å². The molecule has 0 atom stereocenters. The third-order valence-electron chi connectivity index (χ3n) is 3.78. The van der Waals surface area contributed by atoms with E-state index in [0.717, 1.165) is 24.3 Å². The molecule has 3 nitrogen and oxygen atoms in total. The summed E-state index contributed by atoms with van der Waals surface area (Å²) in [4.78, 5) is 17.0. The molecule has 1 fully saturated rings. The van der Waals surface area contributed by atoms with Crippen LogP contribution in [-0.2, 0) is 5.88 Å². The molecule has 1 saturated heterocycles. The van der Waals surface area contributed by atoms with Gasteiger partial charge in [0.1, 0.15) is 0 Å². The molecular weight excluding hydrogens is 272 g/mol. The van der Waals surface area contributed by atoms with Crippen molar-refractivity contribution in [3.05, 3.63) is 52.3 Å². The van der Waals surface area contributed by atoms with Gasteiger partial charge in [-0.25, -0.2) is 0 Å². The molecule has 2 heterocycles. The van der Waals surface area contributed by atoms with Gasteiger partial charge < -0.3 is 9.88 Å². The number of nitrogens with zero attached hydrogens (tertiary/aromatic N) is 1. The second-order valence-electron chi connectivity index (χ2n) is 5.10. The van der Waals surface area contributed by atoms with Crippen molar-refractivity contribution >= 4 is 17.3 Å². The normalized spacial score (nSPS) is 14.8. The molecule has 0 aliphatic carbocycles. The lowest BCUT2D eigenvalue weighted by molar-refractivity contribution is 0.949. The van der Waals surface area contributed by atoms with Crippen molar-refractivity contribution in [2.24, 2.45) is 0 Å². The lowest BCUT2D eigenvalue weighted by Gasteiger charge is -2.17. The van der Waals surface area contributed by atoms with Gasteiger partial charge in [0, 0.05) is 30.0 Å². The van der Waals surface area contributed by atoms with Gasteiger partial charge in [0.05, 0.1) is 5.88 Å². The monoisotopic (exact) mass is 288 g/mol. The Morgan fingerprint density at radius 3 is 2.35 bits per heavy atom. The van der Waals surface area contributed by atoms with E-state index in [0.29, 0.717) is 5.56 Å². The van der Waals surface area contributed by atoms with Crippen LogP contribution < -0.4 is 10.5 Å². The zero-order valence-corrected chi connectivity index (χ0v) is 12.0. The van der Waals surface area contributed by atoms with Crippen LogP contribution in [0.1, 0.15) is 18.4 Å². The highest BCUT2D eigenvalue weighted by atomic mass is 35.5. The Morgan fingerprint density at radius 2 is 1.75 bits per heavy atom. The topological polar surface area (TPSA) is 36.1 Å². The van der Waals surface area contributed by atoms with Crippen molar-refractivity contribution in [2.45, 2.75) is 18.7 Å². The zero-order valence-electron chi connectivity index (χ0n) is 11.2. The molecule has 104 valence electrons. The second kappa shape index (κ2) is 5.71. The van der Waals surface area contributed by atoms with E-state index in [1.807, 2.05) is 6.07 Å². The van der Waals surface area contributed by atoms with Crippen molar-refractivity contribution in [1.29, 1.82) is 0 Å². The summed E-state index contributed by atoms with van der Waals surface area (Å²) in [7, 11) is 0. The van der Waals surface area contributed by atoms with Crippen molar-refractivity contribution in [3.63, 3.8) is 0 Å². The smallest absolute Gasteiger partial charge is 0.252 e. The van der Waals surface area contributed by atoms with Crippen molar-refractivity contribution in [2.75, 3.05) is 18.0 Å². The molecule has 0 amide bonds. The average Bonchev–Trinajstić information content (AvgIpc) is 3.01. The van der Waals surface area contributed by atoms with Gasteiger partial charge in [-0.3, -0.25) is 4.79 Å². The lowest BCUT2D eigenvalue weighted by atomic mass is 10.1. The first-order valence-electron chi connectivity index (χ1n) is 6.91. The number of hydrogen-bond acceptors (Lipinski definition) is 2. The zero-order chi connectivity index (χ0) is 13.9. The summed E-state index contributed by atoms with van der Waals surface area (Å²) < 4.78 is 0. The molecule has 1 aromatic heterocycles. The highest BCUT2D eigenvalue weighted by Gasteiger charge is 2.12. The molecule has 0 unspecified atom stereocenters. The predicted molar refractivity (Wildman–Crippen MR) is 83.5 cm³/mol. The van der Waals surface area contributed by atoms with Crippen molar-refractivity contribution in [3.8, 4) is 11.3 Å². The van der Waals surface area contributed by atoms with Gasteiger partial charge in [-0.15, -0.1) is 11.6 Å². The van der Waals surface area contributed by atoms with E-state index in [1.54, 1.807) is 6.07 Å². The number of alkyl halides is 1. The maximum atomic E-state index is 11.8. The molecule has 1 aliphatic rings. The summed E-state index contributed by atoms with van der Waals surface area (Å²) in [5, 5.41) is 0. The quantitative estimate of drug-likeness (QED) is 0.879. The Hall–Kier alpha value is -1.74. The van der Waals surface area contributed by atoms with E-state index in [1.165, 1.54) is 18.5 Å². The van der Waals surface area contributed by atoms with Gasteiger partial charge in [0.15, 0.2) is 0 Å². The van der Waals surface area contributed by atoms with Gasteiger partial charge in [-0.2, -0.15) is 0 Å². The van der Waals surface area contributed by atoms with Crippen LogP contribution in [0.3, 0.4) is 0 Å². The Balaban J connectivity index is 1.87. The molecule has 1 aromatic carbocycles. The SMILES string of the molecule is O=c1[nH]c(-c2ccc(N3CCCC3)cc2)ccc1CCl. The molecule has 4 heteroatoms. The molecule has 0 saturated carbocycles. The number of halogens is 1. The molecule has 1 aliphatic heterocycles. The van der Waals surface area contributed by atoms with Gasteiger partial charge >= 0.3 is 0 Å². The maximum Gasteiger partial charge on any atom is 0.252 e. The Labute approximate surface area is 123 Å². The highest BCUT2D eigenvalue weighted by molar-refractivity contribution is 6.17. The summed E-state index contributed by atoms with van der Waals surface area (Å²) in [5.74, 6) is 0.240. The number of H-pyrrole nitrogens is 1. The van der Waals surface area contributed by atoms with Crippen LogP contribution >= 0.6 is 11.6 Å². The number of benzene rings is 1. The summed E-state index contributed by atoms with van der Waals surface area (Å²) in [6.07, 6.45) is 2.55. The van der Waals surface area contributed by atoms with Crippen LogP contribution in [0.2, 0.25) is 0 Å². The number of anilines is 1.